The first kappa shape index (κ1) is 25.4. The number of rotatable bonds is 8. The number of esters is 1. The van der Waals surface area contributed by atoms with Crippen molar-refractivity contribution in [2.75, 3.05) is 21.3 Å². The van der Waals surface area contributed by atoms with Crippen molar-refractivity contribution >= 4 is 22.6 Å². The van der Waals surface area contributed by atoms with Gasteiger partial charge in [0.05, 0.1) is 20.4 Å². The molecule has 1 aliphatic rings. The second-order valence-corrected chi connectivity index (χ2v) is 8.27. The van der Waals surface area contributed by atoms with Crippen molar-refractivity contribution in [2.45, 2.75) is 44.2 Å². The van der Waals surface area contributed by atoms with Gasteiger partial charge in [0.1, 0.15) is 24.3 Å². The topological polar surface area (TPSA) is 97.6 Å². The SMILES string of the molecule is COC(=O)C1(OC)CC=C(c2nc(OCc3ccc(OC)cc3)c3cnn(CC(F)(F)F)c3n2)CC1. The van der Waals surface area contributed by atoms with Crippen LogP contribution in [0.3, 0.4) is 0 Å². The van der Waals surface area contributed by atoms with E-state index in [9.17, 15) is 18.0 Å². The lowest BCUT2D eigenvalue weighted by atomic mass is 9.85. The summed E-state index contributed by atoms with van der Waals surface area (Å²) in [6.45, 7) is -1.19. The molecule has 4 rings (SSSR count). The Morgan fingerprint density at radius 2 is 1.89 bits per heavy atom. The maximum absolute atomic E-state index is 13.2. The molecule has 0 radical (unpaired) electrons. The predicted molar refractivity (Wildman–Crippen MR) is 122 cm³/mol. The molecule has 0 saturated heterocycles. The molecule has 0 amide bonds. The third kappa shape index (κ3) is 5.27. The van der Waals surface area contributed by atoms with Crippen molar-refractivity contribution in [3.63, 3.8) is 0 Å². The van der Waals surface area contributed by atoms with E-state index >= 15 is 0 Å². The number of aromatic nitrogens is 4. The highest BCUT2D eigenvalue weighted by atomic mass is 19.4. The quantitative estimate of drug-likeness (QED) is 0.422. The van der Waals surface area contributed by atoms with Gasteiger partial charge in [-0.15, -0.1) is 0 Å². The monoisotopic (exact) mass is 506 g/mol. The Labute approximate surface area is 204 Å². The van der Waals surface area contributed by atoms with Crippen LogP contribution in [0.2, 0.25) is 0 Å². The second kappa shape index (κ2) is 10.1. The number of hydrogen-bond acceptors (Lipinski definition) is 8. The lowest BCUT2D eigenvalue weighted by Crippen LogP contribution is -2.42. The van der Waals surface area contributed by atoms with E-state index in [1.807, 2.05) is 12.1 Å². The Morgan fingerprint density at radius 3 is 2.47 bits per heavy atom. The maximum Gasteiger partial charge on any atom is 0.408 e. The molecular formula is C24H25F3N4O5. The predicted octanol–water partition coefficient (Wildman–Crippen LogP) is 4.10. The van der Waals surface area contributed by atoms with Crippen LogP contribution in [-0.2, 0) is 27.4 Å². The lowest BCUT2D eigenvalue weighted by molar-refractivity contribution is -0.166. The van der Waals surface area contributed by atoms with Crippen LogP contribution in [-0.4, -0.2) is 58.8 Å². The zero-order chi connectivity index (χ0) is 25.9. The van der Waals surface area contributed by atoms with Crippen LogP contribution in [0.5, 0.6) is 11.6 Å². The van der Waals surface area contributed by atoms with Gasteiger partial charge in [0.25, 0.3) is 0 Å². The number of allylic oxidation sites excluding steroid dienone is 1. The average molecular weight is 506 g/mol. The third-order valence-electron chi connectivity index (χ3n) is 6.04. The number of fused-ring (bicyclic) bond motifs is 1. The number of carbonyl (C=O) groups excluding carboxylic acids is 1. The van der Waals surface area contributed by atoms with Gasteiger partial charge in [0.2, 0.25) is 5.88 Å². The molecule has 0 aliphatic heterocycles. The standard InChI is InChI=1S/C24H25F3N4O5/c1-33-17-6-4-15(5-7-17)13-36-21-18-12-28-31(14-24(25,26)27)20(18)29-19(30-21)16-8-10-23(35-3,11-9-16)22(32)34-2/h4-8,12H,9-11,13-14H2,1-3H3. The molecule has 1 aliphatic carbocycles. The minimum atomic E-state index is -4.49. The smallest absolute Gasteiger partial charge is 0.408 e. The summed E-state index contributed by atoms with van der Waals surface area (Å²) in [7, 11) is 4.28. The molecule has 0 bridgehead atoms. The summed E-state index contributed by atoms with van der Waals surface area (Å²) in [4.78, 5) is 21.1. The molecule has 1 unspecified atom stereocenters. The highest BCUT2D eigenvalue weighted by Crippen LogP contribution is 2.36. The van der Waals surface area contributed by atoms with E-state index in [-0.39, 0.29) is 35.8 Å². The molecule has 9 nitrogen and oxygen atoms in total. The van der Waals surface area contributed by atoms with E-state index in [1.54, 1.807) is 25.3 Å². The molecule has 2 heterocycles. The molecule has 0 saturated carbocycles. The van der Waals surface area contributed by atoms with Gasteiger partial charge in [0.15, 0.2) is 17.1 Å². The molecule has 2 aromatic heterocycles. The Morgan fingerprint density at radius 1 is 1.14 bits per heavy atom. The van der Waals surface area contributed by atoms with E-state index in [2.05, 4.69) is 15.1 Å². The molecule has 12 heteroatoms. The van der Waals surface area contributed by atoms with E-state index in [0.29, 0.717) is 24.2 Å². The summed E-state index contributed by atoms with van der Waals surface area (Å²) in [5.74, 6) is 0.494. The fourth-order valence-electron chi connectivity index (χ4n) is 4.01. The first-order valence-electron chi connectivity index (χ1n) is 11.1. The Bertz CT molecular complexity index is 1270. The summed E-state index contributed by atoms with van der Waals surface area (Å²) in [5.41, 5.74) is 0.336. The number of halogens is 3. The van der Waals surface area contributed by atoms with Crippen LogP contribution in [0, 0.1) is 0 Å². The largest absolute Gasteiger partial charge is 0.497 e. The first-order chi connectivity index (χ1) is 17.2. The normalized spacial score (nSPS) is 18.1. The Hall–Kier alpha value is -3.67. The van der Waals surface area contributed by atoms with Gasteiger partial charge in [-0.2, -0.15) is 23.3 Å². The fourth-order valence-corrected chi connectivity index (χ4v) is 4.01. The van der Waals surface area contributed by atoms with Gasteiger partial charge in [-0.25, -0.2) is 14.5 Å². The summed E-state index contributed by atoms with van der Waals surface area (Å²) in [5, 5.41) is 4.13. The summed E-state index contributed by atoms with van der Waals surface area (Å²) < 4.78 is 61.6. The summed E-state index contributed by atoms with van der Waals surface area (Å²) in [6.07, 6.45) is -0.639. The Kier molecular flexibility index (Phi) is 7.16. The minimum absolute atomic E-state index is 0.000461. The second-order valence-electron chi connectivity index (χ2n) is 8.27. The summed E-state index contributed by atoms with van der Waals surface area (Å²) >= 11 is 0. The molecule has 192 valence electrons. The van der Waals surface area contributed by atoms with Gasteiger partial charge < -0.3 is 18.9 Å². The van der Waals surface area contributed by atoms with Crippen molar-refractivity contribution in [1.29, 1.82) is 0 Å². The van der Waals surface area contributed by atoms with Crippen LogP contribution in [0.25, 0.3) is 16.6 Å². The van der Waals surface area contributed by atoms with Gasteiger partial charge in [-0.05, 0) is 36.1 Å². The maximum atomic E-state index is 13.2. The van der Waals surface area contributed by atoms with E-state index < -0.39 is 24.3 Å². The van der Waals surface area contributed by atoms with Gasteiger partial charge in [-0.3, -0.25) is 0 Å². The molecule has 3 aromatic rings. The number of hydrogen-bond donors (Lipinski definition) is 0. The fraction of sp³-hybridized carbons (Fsp3) is 0.417. The molecule has 1 aromatic carbocycles. The number of ether oxygens (including phenoxy) is 4. The van der Waals surface area contributed by atoms with Crippen LogP contribution < -0.4 is 9.47 Å². The number of methoxy groups -OCH3 is 3. The highest BCUT2D eigenvalue weighted by Gasteiger charge is 2.41. The van der Waals surface area contributed by atoms with Crippen LogP contribution in [0.4, 0.5) is 13.2 Å². The van der Waals surface area contributed by atoms with Crippen LogP contribution >= 0.6 is 0 Å². The molecular weight excluding hydrogens is 481 g/mol. The van der Waals surface area contributed by atoms with Crippen molar-refractivity contribution in [1.82, 2.24) is 19.7 Å². The third-order valence-corrected chi connectivity index (χ3v) is 6.04. The first-order valence-corrected chi connectivity index (χ1v) is 11.1. The van der Waals surface area contributed by atoms with Crippen LogP contribution in [0.15, 0.2) is 36.5 Å². The van der Waals surface area contributed by atoms with E-state index in [1.165, 1.54) is 20.4 Å². The van der Waals surface area contributed by atoms with Crippen molar-refractivity contribution in [3.8, 4) is 11.6 Å². The minimum Gasteiger partial charge on any atom is -0.497 e. The van der Waals surface area contributed by atoms with Gasteiger partial charge in [0, 0.05) is 13.5 Å². The molecule has 36 heavy (non-hydrogen) atoms. The van der Waals surface area contributed by atoms with Gasteiger partial charge >= 0.3 is 12.1 Å². The Balaban J connectivity index is 1.69. The van der Waals surface area contributed by atoms with Crippen LogP contribution in [0.1, 0.15) is 30.7 Å². The van der Waals surface area contributed by atoms with E-state index in [0.717, 1.165) is 10.2 Å². The van der Waals surface area contributed by atoms with E-state index in [4.69, 9.17) is 18.9 Å². The summed E-state index contributed by atoms with van der Waals surface area (Å²) in [6, 6.07) is 7.17. The zero-order valence-corrected chi connectivity index (χ0v) is 20.0. The lowest BCUT2D eigenvalue weighted by Gasteiger charge is -2.32. The average Bonchev–Trinajstić information content (AvgIpc) is 3.28. The highest BCUT2D eigenvalue weighted by molar-refractivity contribution is 5.84. The molecule has 0 N–H and O–H groups in total. The van der Waals surface area contributed by atoms with Crippen molar-refractivity contribution in [2.24, 2.45) is 0 Å². The number of benzene rings is 1. The van der Waals surface area contributed by atoms with Gasteiger partial charge in [-0.1, -0.05) is 18.2 Å². The number of carbonyl (C=O) groups is 1. The van der Waals surface area contributed by atoms with Crippen molar-refractivity contribution < 1.29 is 36.9 Å². The number of alkyl halides is 3. The molecule has 0 spiro atoms. The molecule has 1 atom stereocenters. The molecule has 0 fully saturated rings. The number of nitrogens with zero attached hydrogens (tertiary/aromatic N) is 4. The van der Waals surface area contributed by atoms with Crippen molar-refractivity contribution in [3.05, 3.63) is 47.9 Å². The zero-order valence-electron chi connectivity index (χ0n) is 20.0.